The third kappa shape index (κ3) is 7.43. The van der Waals surface area contributed by atoms with Gasteiger partial charge in [-0.3, -0.25) is 4.52 Å². The molecule has 0 aliphatic carbocycles. The smallest absolute Gasteiger partial charge is 0.303 e. The van der Waals surface area contributed by atoms with Crippen LogP contribution < -0.4 is 0 Å². The third-order valence-corrected chi connectivity index (χ3v) is 3.23. The highest BCUT2D eigenvalue weighted by Crippen LogP contribution is 2.37. The lowest BCUT2D eigenvalue weighted by atomic mass is 10.2. The van der Waals surface area contributed by atoms with Crippen LogP contribution in [-0.2, 0) is 9.09 Å². The minimum atomic E-state index is -4.30. The zero-order valence-corrected chi connectivity index (χ0v) is 9.84. The van der Waals surface area contributed by atoms with Gasteiger partial charge in [0.15, 0.2) is 0 Å². The number of halogens is 2. The van der Waals surface area contributed by atoms with E-state index in [9.17, 15) is 4.57 Å². The Bertz CT molecular complexity index is 156. The van der Waals surface area contributed by atoms with Gasteiger partial charge in [0.1, 0.15) is 0 Å². The molecule has 11 heavy (non-hydrogen) atoms. The van der Waals surface area contributed by atoms with Crippen LogP contribution in [0.1, 0.15) is 6.92 Å². The Morgan fingerprint density at radius 3 is 2.27 bits per heavy atom. The lowest BCUT2D eigenvalue weighted by Gasteiger charge is -2.12. The summed E-state index contributed by atoms with van der Waals surface area (Å²) in [4.78, 5) is 16.6. The summed E-state index contributed by atoms with van der Waals surface area (Å²) >= 11 is 6.38. The van der Waals surface area contributed by atoms with Gasteiger partial charge in [0.05, 0.1) is 10.3 Å². The first-order valence-electron chi connectivity index (χ1n) is 2.81. The summed E-state index contributed by atoms with van der Waals surface area (Å²) in [5.74, 6) is 0.00243. The number of phosphoric ester groups is 1. The van der Waals surface area contributed by atoms with Crippen molar-refractivity contribution in [3.8, 4) is 0 Å². The second kappa shape index (κ2) is 4.94. The molecule has 0 aromatic rings. The van der Waals surface area contributed by atoms with E-state index in [4.69, 9.17) is 9.79 Å². The second-order valence-corrected chi connectivity index (χ2v) is 6.54. The first kappa shape index (κ1) is 12.1. The Balaban J connectivity index is 3.63. The molecule has 0 bridgehead atoms. The molecule has 0 rings (SSSR count). The van der Waals surface area contributed by atoms with E-state index in [1.807, 2.05) is 0 Å². The molecule has 68 valence electrons. The highest BCUT2D eigenvalue weighted by Gasteiger charge is 2.18. The largest absolute Gasteiger partial charge is 0.469 e. The van der Waals surface area contributed by atoms with Crippen LogP contribution in [-0.4, -0.2) is 20.1 Å². The van der Waals surface area contributed by atoms with Crippen molar-refractivity contribution in [1.82, 2.24) is 0 Å². The summed E-state index contributed by atoms with van der Waals surface area (Å²) in [5.41, 5.74) is 0. The van der Waals surface area contributed by atoms with E-state index in [1.54, 1.807) is 6.92 Å². The fraction of sp³-hybridized carbons (Fsp3) is 1.00. The minimum Gasteiger partial charge on any atom is -0.303 e. The van der Waals surface area contributed by atoms with Crippen molar-refractivity contribution >= 4 is 39.7 Å². The molecular weight excluding hydrogens is 303 g/mol. The van der Waals surface area contributed by atoms with Gasteiger partial charge in [0, 0.05) is 5.92 Å². The Morgan fingerprint density at radius 1 is 1.55 bits per heavy atom. The van der Waals surface area contributed by atoms with E-state index >= 15 is 0 Å². The van der Waals surface area contributed by atoms with Crippen molar-refractivity contribution in [2.75, 3.05) is 6.61 Å². The quantitative estimate of drug-likeness (QED) is 0.614. The minimum absolute atomic E-state index is 0.00144. The van der Waals surface area contributed by atoms with Gasteiger partial charge in [-0.25, -0.2) is 4.57 Å². The molecule has 0 aromatic heterocycles. The number of hydrogen-bond donors (Lipinski definition) is 2. The first-order chi connectivity index (χ1) is 4.83. The molecule has 7 heteroatoms. The van der Waals surface area contributed by atoms with Gasteiger partial charge in [-0.2, -0.15) is 0 Å². The third-order valence-electron chi connectivity index (χ3n) is 0.936. The standard InChI is InChI=1S/C4H9Br2O4P/c1-3(4(5)6)2-10-11(7,8)9/h3-4H,2H2,1H3,(H2,7,8,9). The van der Waals surface area contributed by atoms with Gasteiger partial charge in [0.25, 0.3) is 0 Å². The molecule has 0 spiro atoms. The Morgan fingerprint density at radius 2 is 2.00 bits per heavy atom. The summed E-state index contributed by atoms with van der Waals surface area (Å²) in [6, 6.07) is 0. The van der Waals surface area contributed by atoms with Crippen LogP contribution in [0.15, 0.2) is 0 Å². The number of phosphoric acid groups is 1. The average Bonchev–Trinajstić information content (AvgIpc) is 1.80. The molecule has 1 unspecified atom stereocenters. The summed E-state index contributed by atoms with van der Waals surface area (Å²) in [6.07, 6.45) is 0. The SMILES string of the molecule is CC(COP(=O)(O)O)C(Br)Br. The predicted molar refractivity (Wildman–Crippen MR) is 48.8 cm³/mol. The van der Waals surface area contributed by atoms with E-state index in [-0.39, 0.29) is 16.3 Å². The first-order valence-corrected chi connectivity index (χ1v) is 6.17. The van der Waals surface area contributed by atoms with Crippen molar-refractivity contribution in [3.63, 3.8) is 0 Å². The normalized spacial score (nSPS) is 15.5. The van der Waals surface area contributed by atoms with E-state index < -0.39 is 7.82 Å². The van der Waals surface area contributed by atoms with Gasteiger partial charge < -0.3 is 9.79 Å². The number of hydrogen-bond acceptors (Lipinski definition) is 2. The highest BCUT2D eigenvalue weighted by atomic mass is 79.9. The summed E-state index contributed by atoms with van der Waals surface area (Å²) in [7, 11) is -4.30. The summed E-state index contributed by atoms with van der Waals surface area (Å²) in [6.45, 7) is 1.81. The zero-order valence-electron chi connectivity index (χ0n) is 5.78. The van der Waals surface area contributed by atoms with Crippen molar-refractivity contribution in [3.05, 3.63) is 0 Å². The Labute approximate surface area is 81.8 Å². The maximum absolute atomic E-state index is 10.2. The average molecular weight is 312 g/mol. The maximum Gasteiger partial charge on any atom is 0.469 e. The molecule has 0 saturated carbocycles. The Kier molecular flexibility index (Phi) is 5.42. The molecule has 0 aromatic carbocycles. The molecule has 0 fully saturated rings. The van der Waals surface area contributed by atoms with E-state index in [1.165, 1.54) is 0 Å². The van der Waals surface area contributed by atoms with Crippen LogP contribution >= 0.6 is 39.7 Å². The van der Waals surface area contributed by atoms with Crippen molar-refractivity contribution in [2.24, 2.45) is 5.92 Å². The van der Waals surface area contributed by atoms with Gasteiger partial charge in [-0.1, -0.05) is 38.8 Å². The second-order valence-electron chi connectivity index (χ2n) is 2.10. The lowest BCUT2D eigenvalue weighted by Crippen LogP contribution is -2.10. The summed E-state index contributed by atoms with van der Waals surface area (Å²) < 4.78 is 14.5. The highest BCUT2D eigenvalue weighted by molar-refractivity contribution is 9.24. The van der Waals surface area contributed by atoms with Crippen LogP contribution in [0.25, 0.3) is 0 Å². The van der Waals surface area contributed by atoms with E-state index in [2.05, 4.69) is 36.4 Å². The fourth-order valence-corrected chi connectivity index (χ4v) is 1.02. The van der Waals surface area contributed by atoms with Crippen molar-refractivity contribution in [2.45, 2.75) is 10.7 Å². The molecule has 1 atom stereocenters. The molecule has 0 saturated heterocycles. The molecule has 4 nitrogen and oxygen atoms in total. The van der Waals surface area contributed by atoms with Crippen molar-refractivity contribution in [1.29, 1.82) is 0 Å². The molecule has 0 heterocycles. The molecule has 0 aliphatic heterocycles. The van der Waals surface area contributed by atoms with Gasteiger partial charge >= 0.3 is 7.82 Å². The number of rotatable bonds is 4. The maximum atomic E-state index is 10.2. The molecular formula is C4H9Br2O4P. The Hall–Kier alpha value is 1.07. The van der Waals surface area contributed by atoms with Crippen LogP contribution in [0.4, 0.5) is 0 Å². The van der Waals surface area contributed by atoms with Crippen LogP contribution in [0, 0.1) is 5.92 Å². The van der Waals surface area contributed by atoms with Crippen LogP contribution in [0.2, 0.25) is 0 Å². The summed E-state index contributed by atoms with van der Waals surface area (Å²) in [5, 5.41) is 0. The molecule has 0 aliphatic rings. The van der Waals surface area contributed by atoms with Crippen LogP contribution in [0.5, 0.6) is 0 Å². The van der Waals surface area contributed by atoms with E-state index in [0.29, 0.717) is 0 Å². The van der Waals surface area contributed by atoms with Crippen molar-refractivity contribution < 1.29 is 18.9 Å². The van der Waals surface area contributed by atoms with Crippen LogP contribution in [0.3, 0.4) is 0 Å². The van der Waals surface area contributed by atoms with Gasteiger partial charge in [-0.05, 0) is 0 Å². The predicted octanol–water partition coefficient (Wildman–Crippen LogP) is 1.85. The van der Waals surface area contributed by atoms with E-state index in [0.717, 1.165) is 0 Å². The fourth-order valence-electron chi connectivity index (χ4n) is 0.287. The van der Waals surface area contributed by atoms with Gasteiger partial charge in [0.2, 0.25) is 0 Å². The molecule has 0 amide bonds. The zero-order chi connectivity index (χ0) is 9.07. The lowest BCUT2D eigenvalue weighted by molar-refractivity contribution is 0.177. The monoisotopic (exact) mass is 310 g/mol. The molecule has 0 radical (unpaired) electrons. The molecule has 2 N–H and O–H groups in total. The number of alkyl halides is 2. The topological polar surface area (TPSA) is 66.8 Å². The van der Waals surface area contributed by atoms with Gasteiger partial charge in [-0.15, -0.1) is 0 Å².